The van der Waals surface area contributed by atoms with E-state index in [0.717, 1.165) is 49.4 Å². The van der Waals surface area contributed by atoms with Gasteiger partial charge in [-0.1, -0.05) is 0 Å². The lowest BCUT2D eigenvalue weighted by molar-refractivity contribution is -0.192. The number of carboxylic acid groups (broad SMARTS) is 1. The van der Waals surface area contributed by atoms with Crippen molar-refractivity contribution in [3.05, 3.63) is 22.9 Å². The van der Waals surface area contributed by atoms with E-state index in [1.165, 1.54) is 0 Å². The number of nitrogens with zero attached hydrogens (tertiary/aromatic N) is 4. The van der Waals surface area contributed by atoms with Crippen molar-refractivity contribution in [2.45, 2.75) is 51.7 Å². The summed E-state index contributed by atoms with van der Waals surface area (Å²) < 4.78 is 31.7. The van der Waals surface area contributed by atoms with E-state index in [1.807, 2.05) is 48.7 Å². The molecule has 3 rings (SSSR count). The number of aromatic nitrogens is 1. The minimum Gasteiger partial charge on any atom is -0.475 e. The van der Waals surface area contributed by atoms with Gasteiger partial charge in [0.15, 0.2) is 0 Å². The van der Waals surface area contributed by atoms with Crippen LogP contribution < -0.4 is 10.2 Å². The number of halogens is 3. The quantitative estimate of drug-likeness (QED) is 0.679. The molecule has 12 heteroatoms. The second-order valence-electron chi connectivity index (χ2n) is 8.75. The Bertz CT molecular complexity index is 899. The molecule has 0 saturated carbocycles. The number of fused-ring (bicyclic) bond motifs is 1. The normalized spacial score (nSPS) is 15.8. The molecule has 0 atom stereocenters. The number of carboxylic acids is 1. The first kappa shape index (κ1) is 27.2. The monoisotopic (exact) mass is 487 g/mol. The second-order valence-corrected chi connectivity index (χ2v) is 8.75. The third-order valence-electron chi connectivity index (χ3n) is 5.43. The van der Waals surface area contributed by atoms with E-state index >= 15 is 0 Å². The fraction of sp³-hybridized carbons (Fsp3) is 0.636. The highest BCUT2D eigenvalue weighted by Gasteiger charge is 2.38. The summed E-state index contributed by atoms with van der Waals surface area (Å²) in [7, 11) is 3.85. The lowest BCUT2D eigenvalue weighted by Gasteiger charge is -2.22. The Kier molecular flexibility index (Phi) is 9.11. The zero-order valence-corrected chi connectivity index (χ0v) is 19.9. The van der Waals surface area contributed by atoms with Crippen LogP contribution in [0.1, 0.15) is 48.3 Å². The van der Waals surface area contributed by atoms with Crippen molar-refractivity contribution in [1.29, 1.82) is 0 Å². The van der Waals surface area contributed by atoms with Crippen LogP contribution in [0.25, 0.3) is 0 Å². The first-order valence-electron chi connectivity index (χ1n) is 11.2. The standard InChI is InChI=1S/C20H31N5O2.C2HF3O2/c1-14(2)21-20(27)25-11-7-15-13-16(19(26)24-9-5-6-10-24)18(23(3)4)22-17(15)8-12-25;3-2(4,5)1(6)7/h13-14H,5-12H2,1-4H3,(H,21,27);(H,6,7). The van der Waals surface area contributed by atoms with Gasteiger partial charge in [0.1, 0.15) is 5.82 Å². The number of nitrogens with one attached hydrogen (secondary N) is 1. The van der Waals surface area contributed by atoms with Gasteiger partial charge in [0.25, 0.3) is 5.91 Å². The molecule has 190 valence electrons. The molecule has 0 spiro atoms. The summed E-state index contributed by atoms with van der Waals surface area (Å²) in [5.41, 5.74) is 2.76. The van der Waals surface area contributed by atoms with E-state index in [0.29, 0.717) is 25.1 Å². The summed E-state index contributed by atoms with van der Waals surface area (Å²) in [4.78, 5) is 44.8. The van der Waals surface area contributed by atoms with Gasteiger partial charge in [0.2, 0.25) is 0 Å². The maximum atomic E-state index is 13.0. The van der Waals surface area contributed by atoms with Gasteiger partial charge >= 0.3 is 18.2 Å². The summed E-state index contributed by atoms with van der Waals surface area (Å²) in [6, 6.07) is 2.10. The van der Waals surface area contributed by atoms with E-state index < -0.39 is 12.1 Å². The average molecular weight is 488 g/mol. The van der Waals surface area contributed by atoms with Crippen LogP contribution in [0.5, 0.6) is 0 Å². The Balaban J connectivity index is 0.000000509. The van der Waals surface area contributed by atoms with Gasteiger partial charge in [-0.3, -0.25) is 4.79 Å². The van der Waals surface area contributed by atoms with Gasteiger partial charge in [-0.25, -0.2) is 14.6 Å². The molecule has 1 saturated heterocycles. The van der Waals surface area contributed by atoms with Crippen LogP contribution in [-0.2, 0) is 17.6 Å². The van der Waals surface area contributed by atoms with Gasteiger partial charge in [0.05, 0.1) is 5.56 Å². The number of hydrogen-bond acceptors (Lipinski definition) is 5. The number of likely N-dealkylation sites (tertiary alicyclic amines) is 1. The first-order valence-corrected chi connectivity index (χ1v) is 11.2. The number of carbonyl (C=O) groups is 3. The maximum Gasteiger partial charge on any atom is 0.490 e. The summed E-state index contributed by atoms with van der Waals surface area (Å²) in [6.45, 7) is 6.87. The Morgan fingerprint density at radius 3 is 2.12 bits per heavy atom. The molecular formula is C22H32F3N5O4. The summed E-state index contributed by atoms with van der Waals surface area (Å²) in [6.07, 6.45) is -1.51. The van der Waals surface area contributed by atoms with Crippen LogP contribution in [0, 0.1) is 0 Å². The van der Waals surface area contributed by atoms with Crippen molar-refractivity contribution in [2.75, 3.05) is 45.2 Å². The third kappa shape index (κ3) is 7.22. The third-order valence-corrected chi connectivity index (χ3v) is 5.43. The van der Waals surface area contributed by atoms with E-state index in [4.69, 9.17) is 14.9 Å². The topological polar surface area (TPSA) is 106 Å². The van der Waals surface area contributed by atoms with E-state index in [-0.39, 0.29) is 18.0 Å². The zero-order valence-electron chi connectivity index (χ0n) is 19.9. The number of anilines is 1. The van der Waals surface area contributed by atoms with Crippen LogP contribution in [0.15, 0.2) is 6.07 Å². The molecule has 0 aliphatic carbocycles. The fourth-order valence-electron chi connectivity index (χ4n) is 3.75. The Morgan fingerprint density at radius 2 is 1.62 bits per heavy atom. The lowest BCUT2D eigenvalue weighted by atomic mass is 10.0. The predicted octanol–water partition coefficient (Wildman–Crippen LogP) is 2.54. The SMILES string of the molecule is CC(C)NC(=O)N1CCc2cc(C(=O)N3CCCC3)c(N(C)C)nc2CC1.O=C(O)C(F)(F)F. The highest BCUT2D eigenvalue weighted by atomic mass is 19.4. The van der Waals surface area contributed by atoms with Crippen molar-refractivity contribution in [3.63, 3.8) is 0 Å². The van der Waals surface area contributed by atoms with Crippen molar-refractivity contribution >= 4 is 23.7 Å². The van der Waals surface area contributed by atoms with Gasteiger partial charge in [-0.2, -0.15) is 13.2 Å². The van der Waals surface area contributed by atoms with Crippen molar-refractivity contribution < 1.29 is 32.7 Å². The van der Waals surface area contributed by atoms with Gasteiger partial charge < -0.3 is 25.1 Å². The molecule has 0 bridgehead atoms. The van der Waals surface area contributed by atoms with Crippen molar-refractivity contribution in [3.8, 4) is 0 Å². The molecule has 2 aliphatic rings. The van der Waals surface area contributed by atoms with Crippen molar-refractivity contribution in [1.82, 2.24) is 20.1 Å². The predicted molar refractivity (Wildman–Crippen MR) is 120 cm³/mol. The number of alkyl halides is 3. The highest BCUT2D eigenvalue weighted by molar-refractivity contribution is 5.99. The molecule has 0 aromatic carbocycles. The van der Waals surface area contributed by atoms with Gasteiger partial charge in [-0.05, 0) is 44.7 Å². The van der Waals surface area contributed by atoms with Gasteiger partial charge in [-0.15, -0.1) is 0 Å². The number of hydrogen-bond donors (Lipinski definition) is 2. The van der Waals surface area contributed by atoms with Crippen LogP contribution in [-0.4, -0.2) is 90.3 Å². The number of amides is 3. The Labute approximate surface area is 196 Å². The van der Waals surface area contributed by atoms with E-state index in [1.54, 1.807) is 0 Å². The average Bonchev–Trinajstić information content (AvgIpc) is 3.19. The summed E-state index contributed by atoms with van der Waals surface area (Å²) in [5, 5.41) is 10.1. The summed E-state index contributed by atoms with van der Waals surface area (Å²) >= 11 is 0. The number of aliphatic carboxylic acids is 1. The molecule has 1 aromatic rings. The van der Waals surface area contributed by atoms with Crippen molar-refractivity contribution in [2.24, 2.45) is 0 Å². The Morgan fingerprint density at radius 1 is 1.06 bits per heavy atom. The Hall–Kier alpha value is -3.05. The molecule has 0 radical (unpaired) electrons. The fourth-order valence-corrected chi connectivity index (χ4v) is 3.75. The van der Waals surface area contributed by atoms with Crippen LogP contribution in [0.4, 0.5) is 23.8 Å². The molecule has 34 heavy (non-hydrogen) atoms. The van der Waals surface area contributed by atoms with E-state index in [9.17, 15) is 22.8 Å². The maximum absolute atomic E-state index is 13.0. The molecule has 9 nitrogen and oxygen atoms in total. The molecule has 2 N–H and O–H groups in total. The first-order chi connectivity index (χ1) is 15.8. The van der Waals surface area contributed by atoms with E-state index in [2.05, 4.69) is 5.32 Å². The lowest BCUT2D eigenvalue weighted by Crippen LogP contribution is -2.44. The van der Waals surface area contributed by atoms with Crippen LogP contribution in [0.3, 0.4) is 0 Å². The zero-order chi connectivity index (χ0) is 25.6. The number of urea groups is 1. The molecule has 2 aliphatic heterocycles. The smallest absolute Gasteiger partial charge is 0.475 e. The van der Waals surface area contributed by atoms with Crippen LogP contribution >= 0.6 is 0 Å². The largest absolute Gasteiger partial charge is 0.490 e. The molecular weight excluding hydrogens is 455 g/mol. The second kappa shape index (κ2) is 11.4. The number of carbonyl (C=O) groups excluding carboxylic acids is 2. The molecule has 1 fully saturated rings. The number of rotatable bonds is 3. The number of pyridine rings is 1. The molecule has 1 aromatic heterocycles. The molecule has 0 unspecified atom stereocenters. The molecule has 3 amide bonds. The highest BCUT2D eigenvalue weighted by Crippen LogP contribution is 2.26. The molecule has 3 heterocycles. The van der Waals surface area contributed by atoms with Gasteiger partial charge in [0, 0.05) is 58.4 Å². The minimum atomic E-state index is -5.08. The minimum absolute atomic E-state index is 0.0287. The summed E-state index contributed by atoms with van der Waals surface area (Å²) in [5.74, 6) is -1.96. The van der Waals surface area contributed by atoms with Crippen LogP contribution in [0.2, 0.25) is 0 Å².